The molecular formula is C52H64N8O11. The number of hydrogen-bond acceptors (Lipinski definition) is 10. The summed E-state index contributed by atoms with van der Waals surface area (Å²) in [4.78, 5) is 133. The van der Waals surface area contributed by atoms with E-state index in [4.69, 9.17) is 0 Å². The number of hydrogen-bond donors (Lipinski definition) is 7. The number of fused-ring (bicyclic) bond motifs is 3. The summed E-state index contributed by atoms with van der Waals surface area (Å²) in [6, 6.07) is 13.8. The summed E-state index contributed by atoms with van der Waals surface area (Å²) in [6.07, 6.45) is 1.33. The van der Waals surface area contributed by atoms with Crippen LogP contribution in [0, 0.1) is 5.92 Å². The molecule has 0 spiro atoms. The molecule has 8 amide bonds. The van der Waals surface area contributed by atoms with Gasteiger partial charge >= 0.3 is 5.97 Å². The molecule has 3 aromatic rings. The number of rotatable bonds is 10. The van der Waals surface area contributed by atoms with Crippen LogP contribution in [0.15, 0.2) is 84.9 Å². The molecule has 9 atom stereocenters. The van der Waals surface area contributed by atoms with Crippen molar-refractivity contribution in [3.8, 4) is 5.75 Å². The van der Waals surface area contributed by atoms with Crippen LogP contribution in [0.4, 0.5) is 0 Å². The molecule has 0 radical (unpaired) electrons. The predicted octanol–water partition coefficient (Wildman–Crippen LogP) is 1.35. The fourth-order valence-corrected chi connectivity index (χ4v) is 10.1. The van der Waals surface area contributed by atoms with Crippen molar-refractivity contribution in [3.05, 3.63) is 102 Å². The van der Waals surface area contributed by atoms with Crippen molar-refractivity contribution in [1.82, 2.24) is 41.3 Å². The maximum atomic E-state index is 14.8. The summed E-state index contributed by atoms with van der Waals surface area (Å²) in [5.41, 5.74) is 1.91. The smallest absolute Gasteiger partial charge is 0.305 e. The Balaban J connectivity index is 1.28. The molecular weight excluding hydrogens is 913 g/mol. The molecule has 0 bridgehead atoms. The van der Waals surface area contributed by atoms with Crippen molar-refractivity contribution in [2.45, 2.75) is 133 Å². The highest BCUT2D eigenvalue weighted by Crippen LogP contribution is 2.25. The van der Waals surface area contributed by atoms with E-state index < -0.39 is 114 Å². The maximum absolute atomic E-state index is 14.8. The quantitative estimate of drug-likeness (QED) is 0.153. The number of aliphatic carboxylic acids is 1. The Bertz CT molecular complexity index is 2440. The second kappa shape index (κ2) is 23.5. The van der Waals surface area contributed by atoms with Crippen molar-refractivity contribution in [1.29, 1.82) is 0 Å². The standard InChI is InChI=1S/C52H64N8O11/c1-3-31(2)44-49(68)53-36(27-34-20-22-35(61)23-21-34)45(64)54-39(30-43(62)63)52(71)59-25-11-18-41(59)47(66)55-37(28-32-13-6-4-7-14-32)50(69)58-24-10-17-40(58)46(65)56-38(29-33-15-8-5-9-16-33)51(70)60-26-12-19-42(60)48(67)57-44/h4-9,13-16,20-23,31,36-42,44,61H,3,10-12,17-19,24-30H2,1-2H3,(H,53,68)(H,54,64)(H,55,66)(H,56,65)(H,57,67)(H,62,63)/t31-,36-,37-,38-,39-,40-,41-,42-,44-/m0/s1. The molecule has 0 aromatic heterocycles. The Hall–Kier alpha value is -7.31. The average Bonchev–Trinajstić information content (AvgIpc) is 4.17. The van der Waals surface area contributed by atoms with Crippen LogP contribution in [0.25, 0.3) is 0 Å². The van der Waals surface area contributed by atoms with Crippen molar-refractivity contribution < 1.29 is 53.4 Å². The molecule has 4 saturated heterocycles. The predicted molar refractivity (Wildman–Crippen MR) is 258 cm³/mol. The lowest BCUT2D eigenvalue weighted by molar-refractivity contribution is -0.147. The number of carbonyl (C=O) groups excluding carboxylic acids is 8. The van der Waals surface area contributed by atoms with E-state index in [1.165, 1.54) is 39.0 Å². The Morgan fingerprint density at radius 1 is 0.521 bits per heavy atom. The molecule has 71 heavy (non-hydrogen) atoms. The normalized spacial score (nSPS) is 26.8. The number of nitrogens with one attached hydrogen (secondary N) is 5. The maximum Gasteiger partial charge on any atom is 0.305 e. The molecule has 4 fully saturated rings. The molecule has 0 aliphatic carbocycles. The summed E-state index contributed by atoms with van der Waals surface area (Å²) < 4.78 is 0. The minimum atomic E-state index is -1.70. The van der Waals surface area contributed by atoms with Gasteiger partial charge in [-0.15, -0.1) is 0 Å². The molecule has 3 aromatic carbocycles. The highest BCUT2D eigenvalue weighted by Gasteiger charge is 2.45. The minimum absolute atomic E-state index is 0.0220. The van der Waals surface area contributed by atoms with Gasteiger partial charge in [-0.3, -0.25) is 43.2 Å². The lowest BCUT2D eigenvalue weighted by Crippen LogP contribution is -2.62. The summed E-state index contributed by atoms with van der Waals surface area (Å²) in [5.74, 6) is -7.53. The van der Waals surface area contributed by atoms with Crippen LogP contribution < -0.4 is 26.6 Å². The number of aromatic hydroxyl groups is 1. The molecule has 7 rings (SSSR count). The monoisotopic (exact) mass is 976 g/mol. The van der Waals surface area contributed by atoms with Crippen LogP contribution in [0.1, 0.15) is 81.9 Å². The highest BCUT2D eigenvalue weighted by atomic mass is 16.4. The number of benzene rings is 3. The molecule has 19 heteroatoms. The molecule has 0 saturated carbocycles. The van der Waals surface area contributed by atoms with Gasteiger partial charge in [-0.25, -0.2) is 0 Å². The van der Waals surface area contributed by atoms with Crippen LogP contribution in [-0.2, 0) is 62.4 Å². The Morgan fingerprint density at radius 2 is 0.901 bits per heavy atom. The molecule has 0 unspecified atom stereocenters. The first-order valence-electron chi connectivity index (χ1n) is 24.6. The van der Waals surface area contributed by atoms with E-state index in [0.29, 0.717) is 36.8 Å². The first-order valence-corrected chi connectivity index (χ1v) is 24.6. The zero-order valence-corrected chi connectivity index (χ0v) is 40.1. The van der Waals surface area contributed by atoms with E-state index in [1.54, 1.807) is 49.4 Å². The van der Waals surface area contributed by atoms with Crippen molar-refractivity contribution in [3.63, 3.8) is 0 Å². The van der Waals surface area contributed by atoms with Crippen molar-refractivity contribution in [2.75, 3.05) is 19.6 Å². The number of phenolic OH excluding ortho intramolecular Hbond substituents is 1. The fourth-order valence-electron chi connectivity index (χ4n) is 10.1. The average molecular weight is 977 g/mol. The van der Waals surface area contributed by atoms with E-state index in [9.17, 15) is 53.4 Å². The summed E-state index contributed by atoms with van der Waals surface area (Å²) in [7, 11) is 0. The molecule has 378 valence electrons. The molecule has 4 aliphatic heterocycles. The van der Waals surface area contributed by atoms with Gasteiger partial charge in [0.1, 0.15) is 54.1 Å². The van der Waals surface area contributed by atoms with E-state index >= 15 is 0 Å². The second-order valence-electron chi connectivity index (χ2n) is 19.0. The summed E-state index contributed by atoms with van der Waals surface area (Å²) >= 11 is 0. The lowest BCUT2D eigenvalue weighted by Gasteiger charge is -2.34. The van der Waals surface area contributed by atoms with Gasteiger partial charge < -0.3 is 51.5 Å². The third kappa shape index (κ3) is 12.7. The van der Waals surface area contributed by atoms with E-state index in [1.807, 2.05) is 25.1 Å². The number of carboxylic acids is 1. The molecule has 4 aliphatic rings. The lowest BCUT2D eigenvalue weighted by atomic mass is 9.96. The number of carbonyl (C=O) groups is 9. The highest BCUT2D eigenvalue weighted by molar-refractivity contribution is 6.00. The topological polar surface area (TPSA) is 264 Å². The largest absolute Gasteiger partial charge is 0.508 e. The van der Waals surface area contributed by atoms with Gasteiger partial charge in [-0.1, -0.05) is 93.1 Å². The van der Waals surface area contributed by atoms with Gasteiger partial charge in [0.2, 0.25) is 47.3 Å². The Labute approximate surface area is 412 Å². The van der Waals surface area contributed by atoms with E-state index in [2.05, 4.69) is 26.6 Å². The molecule has 4 heterocycles. The second-order valence-corrected chi connectivity index (χ2v) is 19.0. The number of carboxylic acid groups (broad SMARTS) is 1. The Morgan fingerprint density at radius 3 is 1.34 bits per heavy atom. The minimum Gasteiger partial charge on any atom is -0.508 e. The van der Waals surface area contributed by atoms with Gasteiger partial charge in [0.25, 0.3) is 0 Å². The van der Waals surface area contributed by atoms with Crippen LogP contribution in [0.3, 0.4) is 0 Å². The van der Waals surface area contributed by atoms with Crippen LogP contribution in [0.5, 0.6) is 5.75 Å². The third-order valence-electron chi connectivity index (χ3n) is 14.1. The summed E-state index contributed by atoms with van der Waals surface area (Å²) in [6.45, 7) is 3.93. The van der Waals surface area contributed by atoms with Crippen LogP contribution >= 0.6 is 0 Å². The van der Waals surface area contributed by atoms with Crippen molar-refractivity contribution in [2.24, 2.45) is 5.92 Å². The van der Waals surface area contributed by atoms with Gasteiger partial charge in [0, 0.05) is 38.9 Å². The van der Waals surface area contributed by atoms with E-state index in [-0.39, 0.29) is 63.9 Å². The number of amides is 8. The molecule has 19 nitrogen and oxygen atoms in total. The number of phenols is 1. The molecule has 7 N–H and O–H groups in total. The first-order chi connectivity index (χ1) is 34.1. The first kappa shape index (κ1) is 51.5. The Kier molecular flexibility index (Phi) is 17.1. The van der Waals surface area contributed by atoms with E-state index in [0.717, 1.165) is 5.56 Å². The van der Waals surface area contributed by atoms with Gasteiger partial charge in [-0.05, 0) is 73.3 Å². The van der Waals surface area contributed by atoms with Gasteiger partial charge in [0.05, 0.1) is 6.42 Å². The summed E-state index contributed by atoms with van der Waals surface area (Å²) in [5, 5.41) is 34.0. The number of nitrogens with zero attached hydrogens (tertiary/aromatic N) is 3. The SMILES string of the molecule is CC[C@H](C)[C@@H]1NC(=O)[C@@H]2CCCN2C(=O)[C@H](Cc2ccccc2)NC(=O)[C@@H]2CCCN2C(=O)[C@H](Cc2ccccc2)NC(=O)[C@@H]2CCCN2C(=O)[C@H](CC(=O)O)NC(=O)[C@H](Cc2ccc(O)cc2)NC1=O. The van der Waals surface area contributed by atoms with Gasteiger partial charge in [0.15, 0.2) is 0 Å². The zero-order valence-electron chi connectivity index (χ0n) is 40.1. The van der Waals surface area contributed by atoms with Crippen LogP contribution in [0.2, 0.25) is 0 Å². The van der Waals surface area contributed by atoms with Crippen LogP contribution in [-0.4, -0.2) is 146 Å². The van der Waals surface area contributed by atoms with Gasteiger partial charge in [-0.2, -0.15) is 0 Å². The zero-order chi connectivity index (χ0) is 50.8. The third-order valence-corrected chi connectivity index (χ3v) is 14.1. The fraction of sp³-hybridized carbons (Fsp3) is 0.481. The van der Waals surface area contributed by atoms with Crippen molar-refractivity contribution >= 4 is 53.2 Å².